The third kappa shape index (κ3) is 8.21. The molecule has 1 fully saturated rings. The van der Waals surface area contributed by atoms with Crippen LogP contribution in [0.25, 0.3) is 5.69 Å². The molecule has 3 aromatic carbocycles. The van der Waals surface area contributed by atoms with E-state index < -0.39 is 0 Å². The molecule has 2 N–H and O–H groups in total. The normalized spacial score (nSPS) is 13.7. The van der Waals surface area contributed by atoms with Crippen LogP contribution in [0.1, 0.15) is 73.3 Å². The lowest BCUT2D eigenvalue weighted by Crippen LogP contribution is -2.39. The van der Waals surface area contributed by atoms with E-state index in [-0.39, 0.29) is 29.9 Å². The molecule has 4 aromatic rings. The van der Waals surface area contributed by atoms with Gasteiger partial charge >= 0.3 is 12.0 Å². The predicted octanol–water partition coefficient (Wildman–Crippen LogP) is 7.28. The number of hydrogen-bond donors (Lipinski definition) is 2. The van der Waals surface area contributed by atoms with Gasteiger partial charge < -0.3 is 15.0 Å². The van der Waals surface area contributed by atoms with Crippen molar-refractivity contribution in [3.05, 3.63) is 107 Å². The van der Waals surface area contributed by atoms with Crippen molar-refractivity contribution in [1.29, 1.82) is 0 Å². The number of rotatable bonds is 8. The van der Waals surface area contributed by atoms with Crippen molar-refractivity contribution in [3.8, 4) is 5.69 Å². The van der Waals surface area contributed by atoms with Gasteiger partial charge in [0.25, 0.3) is 5.91 Å². The molecule has 240 valence electrons. The van der Waals surface area contributed by atoms with Gasteiger partial charge in [-0.3, -0.25) is 14.9 Å². The number of amides is 3. The fraction of sp³-hybridized carbons (Fsp3) is 0.351. The third-order valence-corrected chi connectivity index (χ3v) is 8.32. The maximum atomic E-state index is 13.3. The van der Waals surface area contributed by atoms with E-state index in [0.29, 0.717) is 30.4 Å². The van der Waals surface area contributed by atoms with Gasteiger partial charge in [0.05, 0.1) is 11.4 Å². The second-order valence-corrected chi connectivity index (χ2v) is 13.1. The Bertz CT molecular complexity index is 1680. The summed E-state index contributed by atoms with van der Waals surface area (Å²) in [7, 11) is 0. The van der Waals surface area contributed by atoms with Crippen molar-refractivity contribution in [1.82, 2.24) is 14.7 Å². The standard InChI is InChI=1S/C37H43N5O4/c1-25-10-16-31(17-11-25)42-34(23-33(40-42)37(3,4)5)39-36(45)38-32-9-7-6-8-30(32)22-27-18-20-41(21-19-27)35(44)29-14-12-28(13-15-29)24-46-26(2)43/h6-17,23,27H,18-22,24H2,1-5H3,(H2,38,39,45). The summed E-state index contributed by atoms with van der Waals surface area (Å²) in [4.78, 5) is 39.4. The molecule has 0 atom stereocenters. The number of nitrogens with zero attached hydrogens (tertiary/aromatic N) is 3. The highest BCUT2D eigenvalue weighted by molar-refractivity contribution is 6.00. The second kappa shape index (κ2) is 14.0. The van der Waals surface area contributed by atoms with Crippen LogP contribution >= 0.6 is 0 Å². The molecule has 1 saturated heterocycles. The zero-order valence-electron chi connectivity index (χ0n) is 27.3. The quantitative estimate of drug-likeness (QED) is 0.201. The van der Waals surface area contributed by atoms with Crippen molar-refractivity contribution in [2.75, 3.05) is 23.7 Å². The Hall–Kier alpha value is -4.92. The lowest BCUT2D eigenvalue weighted by atomic mass is 9.89. The van der Waals surface area contributed by atoms with Gasteiger partial charge in [-0.25, -0.2) is 9.48 Å². The lowest BCUT2D eigenvalue weighted by Gasteiger charge is -2.32. The summed E-state index contributed by atoms with van der Waals surface area (Å²) >= 11 is 0. The van der Waals surface area contributed by atoms with Crippen molar-refractivity contribution in [3.63, 3.8) is 0 Å². The van der Waals surface area contributed by atoms with E-state index in [2.05, 4.69) is 37.5 Å². The number of benzene rings is 3. The van der Waals surface area contributed by atoms with Gasteiger partial charge in [-0.1, -0.05) is 68.8 Å². The first-order valence-corrected chi connectivity index (χ1v) is 15.8. The molecule has 0 bridgehead atoms. The van der Waals surface area contributed by atoms with Crippen LogP contribution in [0.5, 0.6) is 0 Å². The number of urea groups is 1. The molecule has 0 spiro atoms. The molecule has 0 radical (unpaired) electrons. The van der Waals surface area contributed by atoms with Crippen LogP contribution in [-0.2, 0) is 28.0 Å². The Balaban J connectivity index is 1.20. The number of hydrogen-bond acceptors (Lipinski definition) is 5. The van der Waals surface area contributed by atoms with Gasteiger partial charge in [0, 0.05) is 42.7 Å². The Labute approximate surface area is 271 Å². The molecule has 46 heavy (non-hydrogen) atoms. The van der Waals surface area contributed by atoms with Gasteiger partial charge in [-0.05, 0) is 73.6 Å². The Morgan fingerprint density at radius 1 is 0.913 bits per heavy atom. The molecule has 1 aromatic heterocycles. The summed E-state index contributed by atoms with van der Waals surface area (Å²) < 4.78 is 6.81. The Morgan fingerprint density at radius 2 is 1.59 bits per heavy atom. The molecule has 0 unspecified atom stereocenters. The van der Waals surface area contributed by atoms with Gasteiger partial charge in [0.1, 0.15) is 12.4 Å². The van der Waals surface area contributed by atoms with Crippen molar-refractivity contribution < 1.29 is 19.1 Å². The number of ether oxygens (including phenoxy) is 1. The SMILES string of the molecule is CC(=O)OCc1ccc(C(=O)N2CCC(Cc3ccccc3NC(=O)Nc3cc(C(C)(C)C)nn3-c3ccc(C)cc3)CC2)cc1. The van der Waals surface area contributed by atoms with Crippen molar-refractivity contribution >= 4 is 29.4 Å². The molecule has 2 heterocycles. The largest absolute Gasteiger partial charge is 0.461 e. The first kappa shape index (κ1) is 32.5. The van der Waals surface area contributed by atoms with Crippen LogP contribution < -0.4 is 10.6 Å². The van der Waals surface area contributed by atoms with E-state index in [9.17, 15) is 14.4 Å². The lowest BCUT2D eigenvalue weighted by molar-refractivity contribution is -0.142. The van der Waals surface area contributed by atoms with Crippen molar-refractivity contribution in [2.24, 2.45) is 5.92 Å². The predicted molar refractivity (Wildman–Crippen MR) is 180 cm³/mol. The summed E-state index contributed by atoms with van der Waals surface area (Å²) in [6.45, 7) is 11.3. The molecule has 9 heteroatoms. The molecule has 1 aliphatic heterocycles. The number of likely N-dealkylation sites (tertiary alicyclic amines) is 1. The smallest absolute Gasteiger partial charge is 0.324 e. The minimum atomic E-state index is -0.333. The molecular formula is C37H43N5O4. The number of nitrogens with one attached hydrogen (secondary N) is 2. The van der Waals surface area contributed by atoms with E-state index >= 15 is 0 Å². The maximum absolute atomic E-state index is 13.3. The average Bonchev–Trinajstić information content (AvgIpc) is 3.46. The Kier molecular flexibility index (Phi) is 9.90. The number of carbonyl (C=O) groups is 3. The topological polar surface area (TPSA) is 106 Å². The molecule has 1 aliphatic rings. The fourth-order valence-electron chi connectivity index (χ4n) is 5.57. The summed E-state index contributed by atoms with van der Waals surface area (Å²) in [5.41, 5.74) is 6.02. The average molecular weight is 622 g/mol. The number of para-hydroxylation sites is 1. The van der Waals surface area contributed by atoms with Gasteiger partial charge in [-0.15, -0.1) is 0 Å². The molecular weight excluding hydrogens is 578 g/mol. The highest BCUT2D eigenvalue weighted by atomic mass is 16.5. The Morgan fingerprint density at radius 3 is 2.24 bits per heavy atom. The number of anilines is 2. The van der Waals surface area contributed by atoms with E-state index in [1.165, 1.54) is 6.92 Å². The van der Waals surface area contributed by atoms with E-state index in [1.54, 1.807) is 16.8 Å². The van der Waals surface area contributed by atoms with Crippen LogP contribution in [0.3, 0.4) is 0 Å². The first-order valence-electron chi connectivity index (χ1n) is 15.8. The number of piperidine rings is 1. The van der Waals surface area contributed by atoms with Crippen LogP contribution in [-0.4, -0.2) is 45.7 Å². The molecule has 0 aliphatic carbocycles. The number of aryl methyl sites for hydroxylation is 1. The zero-order chi connectivity index (χ0) is 32.8. The highest BCUT2D eigenvalue weighted by Gasteiger charge is 2.25. The highest BCUT2D eigenvalue weighted by Crippen LogP contribution is 2.29. The zero-order valence-corrected chi connectivity index (χ0v) is 27.3. The summed E-state index contributed by atoms with van der Waals surface area (Å²) in [5, 5.41) is 10.9. The third-order valence-electron chi connectivity index (χ3n) is 8.32. The maximum Gasteiger partial charge on any atom is 0.324 e. The van der Waals surface area contributed by atoms with Gasteiger partial charge in [0.2, 0.25) is 0 Å². The van der Waals surface area contributed by atoms with Crippen LogP contribution in [0.2, 0.25) is 0 Å². The second-order valence-electron chi connectivity index (χ2n) is 13.1. The molecule has 5 rings (SSSR count). The summed E-state index contributed by atoms with van der Waals surface area (Å²) in [5.74, 6) is 0.662. The molecule has 3 amide bonds. The first-order chi connectivity index (χ1) is 22.0. The number of esters is 1. The summed E-state index contributed by atoms with van der Waals surface area (Å²) in [6, 6.07) is 24.8. The van der Waals surface area contributed by atoms with Crippen molar-refractivity contribution in [2.45, 2.75) is 65.9 Å². The fourth-order valence-corrected chi connectivity index (χ4v) is 5.57. The van der Waals surface area contributed by atoms with Crippen LogP contribution in [0.4, 0.5) is 16.3 Å². The molecule has 0 saturated carbocycles. The van der Waals surface area contributed by atoms with E-state index in [1.807, 2.05) is 72.5 Å². The van der Waals surface area contributed by atoms with Crippen LogP contribution in [0, 0.1) is 12.8 Å². The monoisotopic (exact) mass is 621 g/mol. The summed E-state index contributed by atoms with van der Waals surface area (Å²) in [6.07, 6.45) is 2.56. The molecule has 9 nitrogen and oxygen atoms in total. The minimum absolute atomic E-state index is 0.00993. The van der Waals surface area contributed by atoms with Gasteiger partial charge in [-0.2, -0.15) is 5.10 Å². The van der Waals surface area contributed by atoms with Gasteiger partial charge in [0.15, 0.2) is 0 Å². The minimum Gasteiger partial charge on any atom is -0.461 e. The number of aromatic nitrogens is 2. The van der Waals surface area contributed by atoms with Crippen LogP contribution in [0.15, 0.2) is 78.9 Å². The van der Waals surface area contributed by atoms with E-state index in [4.69, 9.17) is 9.84 Å². The van der Waals surface area contributed by atoms with E-state index in [0.717, 1.165) is 53.0 Å². The number of carbonyl (C=O) groups excluding carboxylic acids is 3.